The van der Waals surface area contributed by atoms with Gasteiger partial charge in [0.25, 0.3) is 0 Å². The predicted molar refractivity (Wildman–Crippen MR) is 82.6 cm³/mol. The van der Waals surface area contributed by atoms with Crippen molar-refractivity contribution < 1.29 is 14.3 Å². The van der Waals surface area contributed by atoms with Crippen LogP contribution in [0.5, 0.6) is 0 Å². The number of nitrogens with one attached hydrogen (secondary N) is 2. The van der Waals surface area contributed by atoms with Gasteiger partial charge < -0.3 is 14.8 Å². The van der Waals surface area contributed by atoms with Crippen molar-refractivity contribution in [2.24, 2.45) is 0 Å². The van der Waals surface area contributed by atoms with Crippen LogP contribution >= 0.6 is 0 Å². The van der Waals surface area contributed by atoms with E-state index >= 15 is 0 Å². The number of rotatable bonds is 5. The smallest absolute Gasteiger partial charge is 0.412 e. The molecule has 2 rings (SSSR count). The number of carbonyl (C=O) groups excluding carboxylic acids is 1. The van der Waals surface area contributed by atoms with Crippen molar-refractivity contribution >= 4 is 11.8 Å². The Balaban J connectivity index is 1.74. The average molecular weight is 292 g/mol. The molecule has 1 aliphatic rings. The first-order valence-electron chi connectivity index (χ1n) is 7.32. The molecule has 0 aromatic heterocycles. The van der Waals surface area contributed by atoms with Crippen molar-refractivity contribution in [3.8, 4) is 0 Å². The lowest BCUT2D eigenvalue weighted by Crippen LogP contribution is -2.46. The van der Waals surface area contributed by atoms with Gasteiger partial charge in [0.05, 0.1) is 19.3 Å². The zero-order valence-corrected chi connectivity index (χ0v) is 12.9. The number of hydrogen-bond acceptors (Lipinski definition) is 4. The maximum atomic E-state index is 11.6. The molecule has 1 aromatic carbocycles. The highest BCUT2D eigenvalue weighted by Crippen LogP contribution is 2.13. The molecule has 2 N–H and O–H groups in total. The second kappa shape index (κ2) is 6.91. The molecule has 0 saturated carbocycles. The topological polar surface area (TPSA) is 59.6 Å². The highest BCUT2D eigenvalue weighted by Gasteiger charge is 2.17. The third-order valence-electron chi connectivity index (χ3n) is 3.08. The molecule has 5 heteroatoms. The van der Waals surface area contributed by atoms with E-state index in [0.717, 1.165) is 31.9 Å². The van der Waals surface area contributed by atoms with Crippen molar-refractivity contribution in [2.45, 2.75) is 38.8 Å². The van der Waals surface area contributed by atoms with Gasteiger partial charge in [0, 0.05) is 5.69 Å². The Labute approximate surface area is 126 Å². The van der Waals surface area contributed by atoms with Crippen LogP contribution < -0.4 is 10.6 Å². The molecule has 0 spiro atoms. The van der Waals surface area contributed by atoms with Crippen molar-refractivity contribution in [3.05, 3.63) is 29.8 Å². The van der Waals surface area contributed by atoms with Crippen LogP contribution in [0.4, 0.5) is 10.5 Å². The minimum Gasteiger partial charge on any atom is -0.444 e. The van der Waals surface area contributed by atoms with Gasteiger partial charge in [0.15, 0.2) is 0 Å². The fraction of sp³-hybridized carbons (Fsp3) is 0.562. The third kappa shape index (κ3) is 5.73. The van der Waals surface area contributed by atoms with Gasteiger partial charge in [-0.05, 0) is 51.4 Å². The summed E-state index contributed by atoms with van der Waals surface area (Å²) < 4.78 is 10.3. The SMILES string of the molecule is CC(C)(C)OC(=O)Nc1ccc(CCNC2COC2)cc1. The molecule has 0 atom stereocenters. The Morgan fingerprint density at radius 3 is 2.48 bits per heavy atom. The largest absolute Gasteiger partial charge is 0.444 e. The van der Waals surface area contributed by atoms with E-state index in [-0.39, 0.29) is 0 Å². The second-order valence-electron chi connectivity index (χ2n) is 6.26. The van der Waals surface area contributed by atoms with Gasteiger partial charge >= 0.3 is 6.09 Å². The van der Waals surface area contributed by atoms with Crippen LogP contribution in [0.3, 0.4) is 0 Å². The van der Waals surface area contributed by atoms with Gasteiger partial charge in [0.1, 0.15) is 5.60 Å². The first-order chi connectivity index (χ1) is 9.92. The van der Waals surface area contributed by atoms with Crippen LogP contribution in [0.15, 0.2) is 24.3 Å². The molecule has 0 radical (unpaired) electrons. The van der Waals surface area contributed by atoms with Crippen molar-refractivity contribution in [1.29, 1.82) is 0 Å². The summed E-state index contributed by atoms with van der Waals surface area (Å²) in [6, 6.07) is 8.34. The molecule has 0 aliphatic carbocycles. The summed E-state index contributed by atoms with van der Waals surface area (Å²) in [5.74, 6) is 0. The van der Waals surface area contributed by atoms with Crippen molar-refractivity contribution in [2.75, 3.05) is 25.1 Å². The van der Waals surface area contributed by atoms with Gasteiger partial charge in [-0.2, -0.15) is 0 Å². The highest BCUT2D eigenvalue weighted by atomic mass is 16.6. The van der Waals surface area contributed by atoms with Gasteiger partial charge in [-0.15, -0.1) is 0 Å². The van der Waals surface area contributed by atoms with Crippen LogP contribution in [0, 0.1) is 0 Å². The lowest BCUT2D eigenvalue weighted by Gasteiger charge is -2.26. The molecule has 116 valence electrons. The Morgan fingerprint density at radius 2 is 1.95 bits per heavy atom. The summed E-state index contributed by atoms with van der Waals surface area (Å²) in [4.78, 5) is 11.6. The van der Waals surface area contributed by atoms with Crippen LogP contribution in [-0.4, -0.2) is 37.5 Å². The Kier molecular flexibility index (Phi) is 5.20. The average Bonchev–Trinajstić information content (AvgIpc) is 2.32. The van der Waals surface area contributed by atoms with Crippen LogP contribution in [-0.2, 0) is 15.9 Å². The first kappa shape index (κ1) is 15.8. The van der Waals surface area contributed by atoms with E-state index in [9.17, 15) is 4.79 Å². The van der Waals surface area contributed by atoms with E-state index < -0.39 is 11.7 Å². The number of benzene rings is 1. The summed E-state index contributed by atoms with van der Waals surface area (Å²) in [7, 11) is 0. The maximum absolute atomic E-state index is 11.6. The molecule has 1 aliphatic heterocycles. The van der Waals surface area contributed by atoms with Crippen LogP contribution in [0.1, 0.15) is 26.3 Å². The minimum absolute atomic E-state index is 0.429. The normalized spacial score (nSPS) is 15.4. The molecule has 5 nitrogen and oxygen atoms in total. The number of ether oxygens (including phenoxy) is 2. The maximum Gasteiger partial charge on any atom is 0.412 e. The van der Waals surface area contributed by atoms with E-state index in [1.165, 1.54) is 5.56 Å². The molecule has 1 aromatic rings. The quantitative estimate of drug-likeness (QED) is 0.875. The summed E-state index contributed by atoms with van der Waals surface area (Å²) >= 11 is 0. The molecule has 0 unspecified atom stereocenters. The molecular weight excluding hydrogens is 268 g/mol. The van der Waals surface area contributed by atoms with Gasteiger partial charge in [0.2, 0.25) is 0 Å². The Morgan fingerprint density at radius 1 is 1.29 bits per heavy atom. The molecule has 1 amide bonds. The summed E-state index contributed by atoms with van der Waals surface area (Å²) in [6.45, 7) is 8.10. The summed E-state index contributed by atoms with van der Waals surface area (Å²) in [5, 5.41) is 6.15. The molecule has 21 heavy (non-hydrogen) atoms. The zero-order chi connectivity index (χ0) is 15.3. The minimum atomic E-state index is -0.485. The van der Waals surface area contributed by atoms with E-state index in [1.54, 1.807) is 0 Å². The first-order valence-corrected chi connectivity index (χ1v) is 7.32. The monoisotopic (exact) mass is 292 g/mol. The lowest BCUT2D eigenvalue weighted by molar-refractivity contribution is -0.00467. The van der Waals surface area contributed by atoms with Gasteiger partial charge in [-0.1, -0.05) is 12.1 Å². The van der Waals surface area contributed by atoms with E-state index in [1.807, 2.05) is 45.0 Å². The van der Waals surface area contributed by atoms with Crippen LogP contribution in [0.2, 0.25) is 0 Å². The number of carbonyl (C=O) groups is 1. The third-order valence-corrected chi connectivity index (χ3v) is 3.08. The van der Waals surface area contributed by atoms with E-state index in [0.29, 0.717) is 6.04 Å². The van der Waals surface area contributed by atoms with Crippen molar-refractivity contribution in [1.82, 2.24) is 5.32 Å². The Bertz CT molecular complexity index is 461. The number of hydrogen-bond donors (Lipinski definition) is 2. The summed E-state index contributed by atoms with van der Waals surface area (Å²) in [5.41, 5.74) is 1.49. The molecular formula is C16H24N2O3. The van der Waals surface area contributed by atoms with Gasteiger partial charge in [-0.25, -0.2) is 4.79 Å². The standard InChI is InChI=1S/C16H24N2O3/c1-16(2,3)21-15(19)18-13-6-4-12(5-7-13)8-9-17-14-10-20-11-14/h4-7,14,17H,8-11H2,1-3H3,(H,18,19). The molecule has 0 bridgehead atoms. The number of anilines is 1. The highest BCUT2D eigenvalue weighted by molar-refractivity contribution is 5.84. The van der Waals surface area contributed by atoms with E-state index in [2.05, 4.69) is 10.6 Å². The molecule has 1 heterocycles. The van der Waals surface area contributed by atoms with Crippen molar-refractivity contribution in [3.63, 3.8) is 0 Å². The summed E-state index contributed by atoms with van der Waals surface area (Å²) in [6.07, 6.45) is 0.533. The second-order valence-corrected chi connectivity index (χ2v) is 6.26. The van der Waals surface area contributed by atoms with Gasteiger partial charge in [-0.3, -0.25) is 5.32 Å². The van der Waals surface area contributed by atoms with Crippen LogP contribution in [0.25, 0.3) is 0 Å². The lowest BCUT2D eigenvalue weighted by atomic mass is 10.1. The molecule has 1 saturated heterocycles. The van der Waals surface area contributed by atoms with E-state index in [4.69, 9.17) is 9.47 Å². The molecule has 1 fully saturated rings. The fourth-order valence-electron chi connectivity index (χ4n) is 1.95. The Hall–Kier alpha value is -1.59. The zero-order valence-electron chi connectivity index (χ0n) is 12.9. The number of amides is 1. The fourth-order valence-corrected chi connectivity index (χ4v) is 1.95. The predicted octanol–water partition coefficient (Wildman–Crippen LogP) is 2.56.